The molecule has 1 fully saturated rings. The van der Waals surface area contributed by atoms with Crippen molar-refractivity contribution in [2.75, 3.05) is 19.0 Å². The van der Waals surface area contributed by atoms with Gasteiger partial charge in [0, 0.05) is 25.9 Å². The summed E-state index contributed by atoms with van der Waals surface area (Å²) in [6.45, 7) is 4.24. The SMILES string of the molecule is C=C1CCCC/C1=C/c1nccc(-c2ccccc2)c1N(C)C. The molecule has 0 spiro atoms. The van der Waals surface area contributed by atoms with Crippen molar-refractivity contribution in [3.8, 4) is 11.1 Å². The molecule has 1 aromatic heterocycles. The summed E-state index contributed by atoms with van der Waals surface area (Å²) in [5, 5.41) is 0. The third kappa shape index (κ3) is 3.37. The zero-order chi connectivity index (χ0) is 16.2. The van der Waals surface area contributed by atoms with E-state index in [0.717, 1.165) is 18.5 Å². The third-order valence-electron chi connectivity index (χ3n) is 4.42. The monoisotopic (exact) mass is 304 g/mol. The zero-order valence-corrected chi connectivity index (χ0v) is 14.0. The standard InChI is InChI=1S/C21H24N2/c1-16-9-7-8-12-18(16)15-20-21(23(2)3)19(13-14-22-20)17-10-5-4-6-11-17/h4-6,10-11,13-15H,1,7-9,12H2,2-3H3/b18-15-. The average molecular weight is 304 g/mol. The maximum Gasteiger partial charge on any atom is 0.0872 e. The Morgan fingerprint density at radius 3 is 2.48 bits per heavy atom. The molecular formula is C21H24N2. The molecule has 0 amide bonds. The van der Waals surface area contributed by atoms with Crippen molar-refractivity contribution in [1.82, 2.24) is 4.98 Å². The largest absolute Gasteiger partial charge is 0.375 e. The molecule has 0 saturated heterocycles. The lowest BCUT2D eigenvalue weighted by molar-refractivity contribution is 0.683. The molecule has 1 aliphatic rings. The van der Waals surface area contributed by atoms with Crippen LogP contribution in [-0.4, -0.2) is 19.1 Å². The van der Waals surface area contributed by atoms with Crippen LogP contribution in [-0.2, 0) is 0 Å². The van der Waals surface area contributed by atoms with Crippen LogP contribution in [0.1, 0.15) is 31.4 Å². The van der Waals surface area contributed by atoms with Crippen LogP contribution in [0.15, 0.2) is 60.3 Å². The van der Waals surface area contributed by atoms with E-state index in [1.807, 2.05) is 6.20 Å². The van der Waals surface area contributed by atoms with Gasteiger partial charge >= 0.3 is 0 Å². The molecule has 1 aromatic carbocycles. The highest BCUT2D eigenvalue weighted by molar-refractivity contribution is 5.84. The minimum atomic E-state index is 1.04. The van der Waals surface area contributed by atoms with Crippen molar-refractivity contribution in [2.45, 2.75) is 25.7 Å². The fourth-order valence-electron chi connectivity index (χ4n) is 3.23. The molecule has 0 radical (unpaired) electrons. The Kier molecular flexibility index (Phi) is 4.61. The molecule has 23 heavy (non-hydrogen) atoms. The van der Waals surface area contributed by atoms with Crippen molar-refractivity contribution in [3.05, 3.63) is 66.0 Å². The summed E-state index contributed by atoms with van der Waals surface area (Å²) < 4.78 is 0. The predicted octanol–water partition coefficient (Wildman–Crippen LogP) is 5.33. The molecule has 2 nitrogen and oxygen atoms in total. The summed E-state index contributed by atoms with van der Waals surface area (Å²) in [6.07, 6.45) is 8.88. The topological polar surface area (TPSA) is 16.1 Å². The van der Waals surface area contributed by atoms with Gasteiger partial charge in [-0.15, -0.1) is 0 Å². The number of allylic oxidation sites excluding steroid dienone is 2. The fraction of sp³-hybridized carbons (Fsp3) is 0.286. The summed E-state index contributed by atoms with van der Waals surface area (Å²) in [5.41, 5.74) is 7.28. The van der Waals surface area contributed by atoms with E-state index >= 15 is 0 Å². The molecule has 0 unspecified atom stereocenters. The molecule has 1 heterocycles. The van der Waals surface area contributed by atoms with E-state index < -0.39 is 0 Å². The Bertz CT molecular complexity index is 727. The van der Waals surface area contributed by atoms with Gasteiger partial charge in [-0.05, 0) is 49.0 Å². The predicted molar refractivity (Wildman–Crippen MR) is 99.6 cm³/mol. The van der Waals surface area contributed by atoms with E-state index in [1.54, 1.807) is 0 Å². The van der Waals surface area contributed by atoms with E-state index in [-0.39, 0.29) is 0 Å². The number of nitrogens with zero attached hydrogens (tertiary/aromatic N) is 2. The van der Waals surface area contributed by atoms with Crippen LogP contribution in [0.4, 0.5) is 5.69 Å². The third-order valence-corrected chi connectivity index (χ3v) is 4.42. The van der Waals surface area contributed by atoms with Crippen molar-refractivity contribution in [1.29, 1.82) is 0 Å². The molecule has 2 heteroatoms. The second-order valence-electron chi connectivity index (χ2n) is 6.33. The molecule has 3 rings (SSSR count). The van der Waals surface area contributed by atoms with Crippen LogP contribution in [0.25, 0.3) is 17.2 Å². The van der Waals surface area contributed by atoms with Crippen molar-refractivity contribution >= 4 is 11.8 Å². The van der Waals surface area contributed by atoms with Gasteiger partial charge in [0.15, 0.2) is 0 Å². The molecule has 0 aliphatic heterocycles. The van der Waals surface area contributed by atoms with Crippen LogP contribution < -0.4 is 4.90 Å². The number of benzene rings is 1. The Labute approximate surface area is 139 Å². The lowest BCUT2D eigenvalue weighted by atomic mass is 9.89. The van der Waals surface area contributed by atoms with Crippen LogP contribution in [0, 0.1) is 0 Å². The molecular weight excluding hydrogens is 280 g/mol. The lowest BCUT2D eigenvalue weighted by Crippen LogP contribution is -2.13. The quantitative estimate of drug-likeness (QED) is 0.762. The van der Waals surface area contributed by atoms with Gasteiger partial charge in [0.25, 0.3) is 0 Å². The molecule has 2 aromatic rings. The van der Waals surface area contributed by atoms with Gasteiger partial charge in [-0.1, -0.05) is 42.5 Å². The lowest BCUT2D eigenvalue weighted by Gasteiger charge is -2.22. The van der Waals surface area contributed by atoms with Gasteiger partial charge in [-0.3, -0.25) is 4.98 Å². The Hall–Kier alpha value is -2.35. The fourth-order valence-corrected chi connectivity index (χ4v) is 3.23. The second kappa shape index (κ2) is 6.82. The molecule has 0 atom stereocenters. The van der Waals surface area contributed by atoms with Gasteiger partial charge < -0.3 is 4.90 Å². The van der Waals surface area contributed by atoms with Gasteiger partial charge in [-0.25, -0.2) is 0 Å². The number of pyridine rings is 1. The number of hydrogen-bond acceptors (Lipinski definition) is 2. The number of hydrogen-bond donors (Lipinski definition) is 0. The first-order valence-electron chi connectivity index (χ1n) is 8.27. The van der Waals surface area contributed by atoms with E-state index in [4.69, 9.17) is 0 Å². The van der Waals surface area contributed by atoms with Gasteiger partial charge in [-0.2, -0.15) is 0 Å². The number of rotatable bonds is 3. The van der Waals surface area contributed by atoms with E-state index in [2.05, 4.69) is 73.0 Å². The van der Waals surface area contributed by atoms with Crippen molar-refractivity contribution in [2.24, 2.45) is 0 Å². The van der Waals surface area contributed by atoms with Crippen LogP contribution in [0.5, 0.6) is 0 Å². The van der Waals surface area contributed by atoms with E-state index in [1.165, 1.54) is 40.8 Å². The van der Waals surface area contributed by atoms with Crippen LogP contribution in [0.3, 0.4) is 0 Å². The molecule has 0 bridgehead atoms. The summed E-state index contributed by atoms with van der Waals surface area (Å²) in [6, 6.07) is 12.6. The first-order chi connectivity index (χ1) is 11.2. The Morgan fingerprint density at radius 2 is 1.78 bits per heavy atom. The normalized spacial score (nSPS) is 16.6. The average Bonchev–Trinajstić information content (AvgIpc) is 2.57. The number of anilines is 1. The highest BCUT2D eigenvalue weighted by Gasteiger charge is 2.15. The molecule has 118 valence electrons. The minimum Gasteiger partial charge on any atom is -0.375 e. The zero-order valence-electron chi connectivity index (χ0n) is 14.0. The Balaban J connectivity index is 2.11. The summed E-state index contributed by atoms with van der Waals surface area (Å²) in [4.78, 5) is 6.82. The Morgan fingerprint density at radius 1 is 1.04 bits per heavy atom. The smallest absolute Gasteiger partial charge is 0.0872 e. The van der Waals surface area contributed by atoms with E-state index in [0.29, 0.717) is 0 Å². The summed E-state index contributed by atoms with van der Waals surface area (Å²) in [7, 11) is 4.17. The molecule has 0 N–H and O–H groups in total. The second-order valence-corrected chi connectivity index (χ2v) is 6.33. The van der Waals surface area contributed by atoms with Crippen LogP contribution in [0.2, 0.25) is 0 Å². The van der Waals surface area contributed by atoms with Gasteiger partial charge in [0.05, 0.1) is 11.4 Å². The first kappa shape index (κ1) is 15.5. The first-order valence-corrected chi connectivity index (χ1v) is 8.27. The molecule has 1 aliphatic carbocycles. The maximum atomic E-state index is 4.66. The van der Waals surface area contributed by atoms with Gasteiger partial charge in [0.2, 0.25) is 0 Å². The highest BCUT2D eigenvalue weighted by atomic mass is 15.1. The van der Waals surface area contributed by atoms with Crippen molar-refractivity contribution in [3.63, 3.8) is 0 Å². The summed E-state index contributed by atoms with van der Waals surface area (Å²) >= 11 is 0. The minimum absolute atomic E-state index is 1.04. The van der Waals surface area contributed by atoms with E-state index in [9.17, 15) is 0 Å². The van der Waals surface area contributed by atoms with Gasteiger partial charge in [0.1, 0.15) is 0 Å². The molecule has 1 saturated carbocycles. The highest BCUT2D eigenvalue weighted by Crippen LogP contribution is 2.35. The maximum absolute atomic E-state index is 4.66. The number of aromatic nitrogens is 1. The van der Waals surface area contributed by atoms with Crippen molar-refractivity contribution < 1.29 is 0 Å². The van der Waals surface area contributed by atoms with Crippen LogP contribution >= 0.6 is 0 Å². The summed E-state index contributed by atoms with van der Waals surface area (Å²) in [5.74, 6) is 0.